The standard InChI is InChI=1S/C23H34N4O3S/c1-23(2,19-6-3-4-7-19)17-27-22(25-14-13-20-8-5-15-30-20)26-16-18-9-11-21(12-10-18)31(24,28)29/h5,8-12,15,19H,3-4,6-7,13-14,16-17H2,1-2H3,(H2,24,28,29)(H2,25,26,27). The Morgan fingerprint density at radius 1 is 1.16 bits per heavy atom. The number of benzene rings is 1. The molecule has 3 rings (SSSR count). The highest BCUT2D eigenvalue weighted by Crippen LogP contribution is 2.38. The third-order valence-electron chi connectivity index (χ3n) is 6.09. The lowest BCUT2D eigenvalue weighted by Crippen LogP contribution is -2.44. The van der Waals surface area contributed by atoms with Gasteiger partial charge in [-0.05, 0) is 54.0 Å². The van der Waals surface area contributed by atoms with Crippen LogP contribution in [0, 0.1) is 11.3 Å². The van der Waals surface area contributed by atoms with Crippen LogP contribution >= 0.6 is 0 Å². The van der Waals surface area contributed by atoms with Crippen molar-refractivity contribution in [1.29, 1.82) is 0 Å². The smallest absolute Gasteiger partial charge is 0.238 e. The first kappa shape index (κ1) is 23.3. The summed E-state index contributed by atoms with van der Waals surface area (Å²) in [5.74, 6) is 2.40. The van der Waals surface area contributed by atoms with Crippen molar-refractivity contribution in [3.63, 3.8) is 0 Å². The van der Waals surface area contributed by atoms with E-state index in [0.717, 1.165) is 36.2 Å². The highest BCUT2D eigenvalue weighted by Gasteiger charge is 2.31. The summed E-state index contributed by atoms with van der Waals surface area (Å²) in [6.07, 6.45) is 7.68. The molecule has 4 N–H and O–H groups in total. The Hall–Kier alpha value is -2.32. The largest absolute Gasteiger partial charge is 0.469 e. The van der Waals surface area contributed by atoms with Gasteiger partial charge in [0, 0.05) is 19.5 Å². The van der Waals surface area contributed by atoms with E-state index in [2.05, 4.69) is 24.5 Å². The van der Waals surface area contributed by atoms with Gasteiger partial charge in [0.05, 0.1) is 17.7 Å². The van der Waals surface area contributed by atoms with E-state index in [-0.39, 0.29) is 10.3 Å². The Morgan fingerprint density at radius 3 is 2.48 bits per heavy atom. The average Bonchev–Trinajstić information content (AvgIpc) is 3.44. The van der Waals surface area contributed by atoms with Crippen LogP contribution in [0.4, 0.5) is 0 Å². The van der Waals surface area contributed by atoms with Gasteiger partial charge in [-0.15, -0.1) is 0 Å². The Morgan fingerprint density at radius 2 is 1.87 bits per heavy atom. The SMILES string of the molecule is CC(C)(CNC(=NCc1ccc(S(N)(=O)=O)cc1)NCCc1ccco1)C1CCCC1. The van der Waals surface area contributed by atoms with Crippen LogP contribution in [0.15, 0.2) is 57.0 Å². The number of nitrogens with two attached hydrogens (primary N) is 1. The molecule has 0 atom stereocenters. The second-order valence-electron chi connectivity index (χ2n) is 8.93. The second-order valence-corrected chi connectivity index (χ2v) is 10.5. The van der Waals surface area contributed by atoms with Crippen LogP contribution in [-0.2, 0) is 23.0 Å². The third kappa shape index (κ3) is 7.11. The van der Waals surface area contributed by atoms with Crippen molar-refractivity contribution in [2.45, 2.75) is 57.4 Å². The fourth-order valence-corrected chi connectivity index (χ4v) is 4.57. The summed E-state index contributed by atoms with van der Waals surface area (Å²) in [7, 11) is -3.69. The fourth-order valence-electron chi connectivity index (χ4n) is 4.05. The number of rotatable bonds is 9. The monoisotopic (exact) mass is 446 g/mol. The maximum atomic E-state index is 11.4. The molecule has 170 valence electrons. The molecule has 0 radical (unpaired) electrons. The van der Waals surface area contributed by atoms with Crippen molar-refractivity contribution in [2.75, 3.05) is 13.1 Å². The van der Waals surface area contributed by atoms with Gasteiger partial charge in [-0.1, -0.05) is 38.8 Å². The minimum Gasteiger partial charge on any atom is -0.469 e. The van der Waals surface area contributed by atoms with Crippen molar-refractivity contribution in [3.05, 3.63) is 54.0 Å². The maximum Gasteiger partial charge on any atom is 0.238 e. The van der Waals surface area contributed by atoms with E-state index in [0.29, 0.717) is 13.1 Å². The molecule has 0 bridgehead atoms. The molecule has 1 aliphatic carbocycles. The van der Waals surface area contributed by atoms with E-state index in [1.807, 2.05) is 12.1 Å². The molecule has 1 aliphatic rings. The Balaban J connectivity index is 1.63. The Labute approximate surface area is 185 Å². The van der Waals surface area contributed by atoms with Crippen LogP contribution in [0.1, 0.15) is 50.9 Å². The summed E-state index contributed by atoms with van der Waals surface area (Å²) < 4.78 is 28.3. The minimum atomic E-state index is -3.69. The predicted octanol–water partition coefficient (Wildman–Crippen LogP) is 3.42. The van der Waals surface area contributed by atoms with Crippen molar-refractivity contribution in [2.24, 2.45) is 21.5 Å². The first-order valence-electron chi connectivity index (χ1n) is 10.9. The lowest BCUT2D eigenvalue weighted by atomic mass is 9.78. The van der Waals surface area contributed by atoms with Gasteiger partial charge in [-0.2, -0.15) is 0 Å². The fraction of sp³-hybridized carbons (Fsp3) is 0.522. The summed E-state index contributed by atoms with van der Waals surface area (Å²) in [6, 6.07) is 10.4. The molecule has 1 aromatic heterocycles. The van der Waals surface area contributed by atoms with Crippen LogP contribution in [-0.4, -0.2) is 27.5 Å². The number of hydrogen-bond donors (Lipinski definition) is 3. The molecule has 0 saturated heterocycles. The van der Waals surface area contributed by atoms with Crippen molar-refractivity contribution >= 4 is 16.0 Å². The number of guanidine groups is 1. The van der Waals surface area contributed by atoms with Crippen molar-refractivity contribution in [1.82, 2.24) is 10.6 Å². The summed E-state index contributed by atoms with van der Waals surface area (Å²) in [6.45, 7) is 6.62. The lowest BCUT2D eigenvalue weighted by Gasteiger charge is -2.32. The molecule has 0 unspecified atom stereocenters. The van der Waals surface area contributed by atoms with Gasteiger partial charge in [0.1, 0.15) is 5.76 Å². The molecular weight excluding hydrogens is 412 g/mol. The highest BCUT2D eigenvalue weighted by molar-refractivity contribution is 7.89. The Bertz CT molecular complexity index is 945. The average molecular weight is 447 g/mol. The normalized spacial score (nSPS) is 15.9. The number of aliphatic imine (C=N–C) groups is 1. The van der Waals surface area contributed by atoms with Crippen molar-refractivity contribution < 1.29 is 12.8 Å². The van der Waals surface area contributed by atoms with E-state index in [4.69, 9.17) is 14.5 Å². The lowest BCUT2D eigenvalue weighted by molar-refractivity contribution is 0.218. The summed E-state index contributed by atoms with van der Waals surface area (Å²) >= 11 is 0. The zero-order chi connectivity index (χ0) is 22.3. The molecule has 1 heterocycles. The van der Waals surface area contributed by atoms with Gasteiger partial charge in [-0.25, -0.2) is 18.5 Å². The second kappa shape index (κ2) is 10.3. The minimum absolute atomic E-state index is 0.105. The van der Waals surface area contributed by atoms with E-state index >= 15 is 0 Å². The van der Waals surface area contributed by atoms with Crippen LogP contribution in [0.2, 0.25) is 0 Å². The van der Waals surface area contributed by atoms with Gasteiger partial charge in [0.25, 0.3) is 0 Å². The van der Waals surface area contributed by atoms with Crippen LogP contribution < -0.4 is 15.8 Å². The first-order chi connectivity index (χ1) is 14.7. The molecular formula is C23H34N4O3S. The molecule has 0 aliphatic heterocycles. The Kier molecular flexibility index (Phi) is 7.78. The van der Waals surface area contributed by atoms with E-state index in [9.17, 15) is 8.42 Å². The quantitative estimate of drug-likeness (QED) is 0.404. The maximum absolute atomic E-state index is 11.4. The summed E-state index contributed by atoms with van der Waals surface area (Å²) in [5.41, 5.74) is 1.10. The number of sulfonamides is 1. The van der Waals surface area contributed by atoms with Gasteiger partial charge >= 0.3 is 0 Å². The van der Waals surface area contributed by atoms with Gasteiger partial charge in [-0.3, -0.25) is 0 Å². The summed E-state index contributed by atoms with van der Waals surface area (Å²) in [5, 5.41) is 12.1. The zero-order valence-corrected chi connectivity index (χ0v) is 19.2. The molecule has 8 heteroatoms. The predicted molar refractivity (Wildman–Crippen MR) is 123 cm³/mol. The number of nitrogens with zero attached hydrogens (tertiary/aromatic N) is 1. The molecule has 1 saturated carbocycles. The molecule has 7 nitrogen and oxygen atoms in total. The summed E-state index contributed by atoms with van der Waals surface area (Å²) in [4.78, 5) is 4.82. The first-order valence-corrected chi connectivity index (χ1v) is 12.4. The molecule has 0 spiro atoms. The molecule has 2 aromatic rings. The van der Waals surface area contributed by atoms with Crippen LogP contribution in [0.25, 0.3) is 0 Å². The number of hydrogen-bond acceptors (Lipinski definition) is 4. The number of primary sulfonamides is 1. The van der Waals surface area contributed by atoms with Gasteiger partial charge in [0.15, 0.2) is 5.96 Å². The molecule has 1 fully saturated rings. The zero-order valence-electron chi connectivity index (χ0n) is 18.4. The highest BCUT2D eigenvalue weighted by atomic mass is 32.2. The topological polar surface area (TPSA) is 110 Å². The van der Waals surface area contributed by atoms with E-state index < -0.39 is 10.0 Å². The number of furan rings is 1. The number of nitrogens with one attached hydrogen (secondary N) is 2. The van der Waals surface area contributed by atoms with Crippen molar-refractivity contribution in [3.8, 4) is 0 Å². The van der Waals surface area contributed by atoms with E-state index in [1.165, 1.54) is 37.8 Å². The van der Waals surface area contributed by atoms with E-state index in [1.54, 1.807) is 18.4 Å². The third-order valence-corrected chi connectivity index (χ3v) is 7.02. The van der Waals surface area contributed by atoms with Crippen LogP contribution in [0.5, 0.6) is 0 Å². The molecule has 0 amide bonds. The molecule has 31 heavy (non-hydrogen) atoms. The van der Waals surface area contributed by atoms with Gasteiger partial charge < -0.3 is 15.1 Å². The van der Waals surface area contributed by atoms with Gasteiger partial charge in [0.2, 0.25) is 10.0 Å². The molecule has 1 aromatic carbocycles. The van der Waals surface area contributed by atoms with Crippen LogP contribution in [0.3, 0.4) is 0 Å².